The maximum Gasteiger partial charge on any atom is 0.231 e. The quantitative estimate of drug-likeness (QED) is 0.524. The Hall–Kier alpha value is -3.66. The zero-order valence-electron chi connectivity index (χ0n) is 18.3. The molecule has 1 saturated heterocycles. The smallest absolute Gasteiger partial charge is 0.231 e. The van der Waals surface area contributed by atoms with Crippen LogP contribution in [0.4, 0.5) is 10.8 Å². The summed E-state index contributed by atoms with van der Waals surface area (Å²) in [6.07, 6.45) is 0.141. The molecule has 0 spiro atoms. The highest BCUT2D eigenvalue weighted by molar-refractivity contribution is 7.14. The number of aromatic nitrogens is 1. The van der Waals surface area contributed by atoms with Crippen LogP contribution in [-0.2, 0) is 20.9 Å². The summed E-state index contributed by atoms with van der Waals surface area (Å²) in [5, 5.41) is 7.69. The van der Waals surface area contributed by atoms with Gasteiger partial charge in [-0.15, -0.1) is 11.3 Å². The first-order chi connectivity index (χ1) is 15.9. The van der Waals surface area contributed by atoms with Gasteiger partial charge in [-0.2, -0.15) is 0 Å². The summed E-state index contributed by atoms with van der Waals surface area (Å²) in [7, 11) is 0. The molecule has 3 heterocycles. The second-order valence-electron chi connectivity index (χ2n) is 7.54. The topological polar surface area (TPSA) is 114 Å². The molecule has 9 nitrogen and oxygen atoms in total. The molecule has 33 heavy (non-hydrogen) atoms. The van der Waals surface area contributed by atoms with Crippen LogP contribution in [0.1, 0.15) is 26.0 Å². The Bertz CT molecular complexity index is 1150. The average molecular weight is 469 g/mol. The normalized spacial score (nSPS) is 15.5. The number of benzene rings is 1. The monoisotopic (exact) mass is 468 g/mol. The maximum absolute atomic E-state index is 12.8. The Balaban J connectivity index is 1.36. The van der Waals surface area contributed by atoms with Crippen LogP contribution in [0.5, 0.6) is 5.75 Å². The molecule has 1 aromatic carbocycles. The highest BCUT2D eigenvalue weighted by atomic mass is 32.1. The van der Waals surface area contributed by atoms with Crippen molar-refractivity contribution in [3.8, 4) is 17.2 Å². The van der Waals surface area contributed by atoms with Crippen LogP contribution in [0.2, 0.25) is 0 Å². The number of carbonyl (C=O) groups is 3. The van der Waals surface area contributed by atoms with Crippen molar-refractivity contribution in [1.82, 2.24) is 10.3 Å². The van der Waals surface area contributed by atoms with Gasteiger partial charge in [0.25, 0.3) is 0 Å². The zero-order valence-corrected chi connectivity index (χ0v) is 19.1. The molecule has 172 valence electrons. The summed E-state index contributed by atoms with van der Waals surface area (Å²) in [5.74, 6) is 0.940. The molecule has 0 saturated carbocycles. The predicted octanol–water partition coefficient (Wildman–Crippen LogP) is 3.43. The van der Waals surface area contributed by atoms with Gasteiger partial charge in [0, 0.05) is 31.0 Å². The van der Waals surface area contributed by atoms with Crippen molar-refractivity contribution in [2.24, 2.45) is 5.92 Å². The van der Waals surface area contributed by atoms with Crippen molar-refractivity contribution < 1.29 is 23.5 Å². The van der Waals surface area contributed by atoms with E-state index >= 15 is 0 Å². The summed E-state index contributed by atoms with van der Waals surface area (Å²) >= 11 is 1.28. The number of nitrogens with one attached hydrogen (secondary N) is 2. The lowest BCUT2D eigenvalue weighted by atomic mass is 10.1. The Morgan fingerprint density at radius 3 is 2.76 bits per heavy atom. The van der Waals surface area contributed by atoms with E-state index in [1.54, 1.807) is 22.4 Å². The van der Waals surface area contributed by atoms with Gasteiger partial charge in [0.05, 0.1) is 19.1 Å². The van der Waals surface area contributed by atoms with Crippen molar-refractivity contribution in [2.75, 3.05) is 23.4 Å². The van der Waals surface area contributed by atoms with Crippen molar-refractivity contribution >= 4 is 39.9 Å². The van der Waals surface area contributed by atoms with E-state index in [0.717, 1.165) is 11.4 Å². The molecule has 0 unspecified atom stereocenters. The second kappa shape index (κ2) is 9.86. The standard InChI is InChI=1S/C23H24N4O5S/c1-3-31-17-6-4-16(5-7-17)27-12-15(10-21(27)29)22(30)26-23-25-19(13-33-23)20-9-8-18(32-20)11-24-14(2)28/h4-9,13,15H,3,10-12H2,1-2H3,(H,24,28)(H,25,26,30)/t15-/m0/s1. The minimum absolute atomic E-state index is 0.0959. The molecular formula is C23H24N4O5S. The van der Waals surface area contributed by atoms with Crippen LogP contribution in [0.25, 0.3) is 11.5 Å². The third kappa shape index (κ3) is 5.40. The Labute approximate surface area is 194 Å². The van der Waals surface area contributed by atoms with E-state index in [4.69, 9.17) is 9.15 Å². The fraction of sp³-hybridized carbons (Fsp3) is 0.304. The molecular weight excluding hydrogens is 444 g/mol. The van der Waals surface area contributed by atoms with Crippen molar-refractivity contribution in [1.29, 1.82) is 0 Å². The Morgan fingerprint density at radius 1 is 1.24 bits per heavy atom. The number of amides is 3. The van der Waals surface area contributed by atoms with Crippen molar-refractivity contribution in [2.45, 2.75) is 26.8 Å². The lowest BCUT2D eigenvalue weighted by Crippen LogP contribution is -2.28. The number of anilines is 2. The molecule has 4 rings (SSSR count). The molecule has 3 amide bonds. The molecule has 1 aliphatic rings. The van der Waals surface area contributed by atoms with Gasteiger partial charge >= 0.3 is 0 Å². The molecule has 2 aromatic heterocycles. The van der Waals surface area contributed by atoms with Crippen LogP contribution in [0, 0.1) is 5.92 Å². The van der Waals surface area contributed by atoms with Crippen LogP contribution in [0.15, 0.2) is 46.2 Å². The summed E-state index contributed by atoms with van der Waals surface area (Å²) in [6.45, 7) is 4.52. The molecule has 0 bridgehead atoms. The van der Waals surface area contributed by atoms with Gasteiger partial charge in [-0.3, -0.25) is 14.4 Å². The molecule has 1 aliphatic heterocycles. The van der Waals surface area contributed by atoms with Gasteiger partial charge < -0.3 is 24.7 Å². The van der Waals surface area contributed by atoms with Gasteiger partial charge in [0.15, 0.2) is 10.9 Å². The van der Waals surface area contributed by atoms with E-state index in [2.05, 4.69) is 15.6 Å². The number of ether oxygens (including phenoxy) is 1. The van der Waals surface area contributed by atoms with Crippen LogP contribution < -0.4 is 20.3 Å². The number of hydrogen-bond donors (Lipinski definition) is 2. The lowest BCUT2D eigenvalue weighted by Gasteiger charge is -2.17. The Kier molecular flexibility index (Phi) is 6.74. The SMILES string of the molecule is CCOc1ccc(N2C[C@@H](C(=O)Nc3nc(-c4ccc(CNC(C)=O)o4)cs3)CC2=O)cc1. The summed E-state index contributed by atoms with van der Waals surface area (Å²) < 4.78 is 11.1. The van der Waals surface area contributed by atoms with Gasteiger partial charge in [-0.05, 0) is 43.3 Å². The van der Waals surface area contributed by atoms with E-state index in [-0.39, 0.29) is 24.1 Å². The van der Waals surface area contributed by atoms with E-state index in [1.165, 1.54) is 18.3 Å². The first kappa shape index (κ1) is 22.5. The van der Waals surface area contributed by atoms with E-state index < -0.39 is 5.92 Å². The van der Waals surface area contributed by atoms with E-state index in [9.17, 15) is 14.4 Å². The predicted molar refractivity (Wildman–Crippen MR) is 124 cm³/mol. The first-order valence-corrected chi connectivity index (χ1v) is 11.4. The number of thiazole rings is 1. The van der Waals surface area contributed by atoms with Crippen LogP contribution in [0.3, 0.4) is 0 Å². The highest BCUT2D eigenvalue weighted by Gasteiger charge is 2.35. The largest absolute Gasteiger partial charge is 0.494 e. The van der Waals surface area contributed by atoms with Gasteiger partial charge in [-0.1, -0.05) is 0 Å². The molecule has 2 N–H and O–H groups in total. The number of carbonyl (C=O) groups excluding carboxylic acids is 3. The van der Waals surface area contributed by atoms with Gasteiger partial charge in [0.1, 0.15) is 17.2 Å². The van der Waals surface area contributed by atoms with Gasteiger partial charge in [-0.25, -0.2) is 4.98 Å². The summed E-state index contributed by atoms with van der Waals surface area (Å²) in [4.78, 5) is 42.3. The van der Waals surface area contributed by atoms with E-state index in [1.807, 2.05) is 31.2 Å². The molecule has 10 heteroatoms. The number of furan rings is 1. The molecule has 1 fully saturated rings. The zero-order chi connectivity index (χ0) is 23.4. The average Bonchev–Trinajstić information content (AvgIpc) is 3.53. The van der Waals surface area contributed by atoms with E-state index in [0.29, 0.717) is 42.0 Å². The summed E-state index contributed by atoms with van der Waals surface area (Å²) in [5.41, 5.74) is 1.33. The molecule has 0 radical (unpaired) electrons. The third-order valence-corrected chi connectivity index (χ3v) is 5.87. The van der Waals surface area contributed by atoms with Crippen LogP contribution in [-0.4, -0.2) is 35.9 Å². The molecule has 1 atom stereocenters. The first-order valence-electron chi connectivity index (χ1n) is 10.6. The number of hydrogen-bond acceptors (Lipinski definition) is 7. The van der Waals surface area contributed by atoms with Crippen molar-refractivity contribution in [3.05, 3.63) is 47.5 Å². The number of rotatable bonds is 8. The second-order valence-corrected chi connectivity index (χ2v) is 8.39. The minimum atomic E-state index is -0.468. The minimum Gasteiger partial charge on any atom is -0.494 e. The molecule has 0 aliphatic carbocycles. The fourth-order valence-corrected chi connectivity index (χ4v) is 4.20. The van der Waals surface area contributed by atoms with Gasteiger partial charge in [0.2, 0.25) is 17.7 Å². The maximum atomic E-state index is 12.8. The highest BCUT2D eigenvalue weighted by Crippen LogP contribution is 2.30. The summed E-state index contributed by atoms with van der Waals surface area (Å²) in [6, 6.07) is 10.8. The third-order valence-electron chi connectivity index (χ3n) is 5.12. The lowest BCUT2D eigenvalue weighted by molar-refractivity contribution is -0.122. The number of nitrogens with zero attached hydrogens (tertiary/aromatic N) is 2. The van der Waals surface area contributed by atoms with Crippen molar-refractivity contribution in [3.63, 3.8) is 0 Å². The fourth-order valence-electron chi connectivity index (χ4n) is 3.50. The molecule has 3 aromatic rings. The van der Waals surface area contributed by atoms with Crippen LogP contribution >= 0.6 is 11.3 Å². The Morgan fingerprint density at radius 2 is 2.03 bits per heavy atom.